The third kappa shape index (κ3) is 2.67. The van der Waals surface area contributed by atoms with Crippen LogP contribution in [0.5, 0.6) is 0 Å². The van der Waals surface area contributed by atoms with E-state index >= 15 is 0 Å². The first-order chi connectivity index (χ1) is 10.3. The number of fused-ring (bicyclic) bond motifs is 1. The van der Waals surface area contributed by atoms with Crippen LogP contribution in [0.2, 0.25) is 0 Å². The van der Waals surface area contributed by atoms with Crippen molar-refractivity contribution >= 4 is 22.1 Å². The standard InChI is InChI=1S/C16H13N3O2/c20-19(21)16-7-2-1-6-15(16)18-11-13-5-3-4-12-10-17-9-8-14(12)13/h1-10,18H,11H2. The molecule has 2 aromatic carbocycles. The van der Waals surface area contributed by atoms with Gasteiger partial charge in [-0.2, -0.15) is 0 Å². The maximum atomic E-state index is 11.0. The van der Waals surface area contributed by atoms with E-state index in [1.807, 2.05) is 30.5 Å². The second kappa shape index (κ2) is 5.58. The average Bonchev–Trinajstić information content (AvgIpc) is 2.53. The van der Waals surface area contributed by atoms with E-state index in [9.17, 15) is 10.1 Å². The molecule has 3 aromatic rings. The molecule has 5 heteroatoms. The first-order valence-electron chi connectivity index (χ1n) is 6.54. The van der Waals surface area contributed by atoms with Gasteiger partial charge in [-0.05, 0) is 23.1 Å². The van der Waals surface area contributed by atoms with Crippen molar-refractivity contribution in [2.45, 2.75) is 6.54 Å². The Kier molecular flexibility index (Phi) is 3.47. The SMILES string of the molecule is O=[N+]([O-])c1ccccc1NCc1cccc2cnccc12. The molecule has 0 radical (unpaired) electrons. The van der Waals surface area contributed by atoms with Crippen LogP contribution in [-0.4, -0.2) is 9.91 Å². The molecule has 0 saturated carbocycles. The van der Waals surface area contributed by atoms with Gasteiger partial charge in [0.05, 0.1) is 4.92 Å². The van der Waals surface area contributed by atoms with Crippen LogP contribution in [0.15, 0.2) is 60.9 Å². The van der Waals surface area contributed by atoms with Crippen molar-refractivity contribution in [3.05, 3.63) is 76.6 Å². The molecule has 1 aromatic heterocycles. The number of nitro benzene ring substituents is 1. The molecule has 5 nitrogen and oxygen atoms in total. The number of nitro groups is 1. The molecule has 0 unspecified atom stereocenters. The quantitative estimate of drug-likeness (QED) is 0.583. The molecule has 1 heterocycles. The van der Waals surface area contributed by atoms with E-state index < -0.39 is 0 Å². The summed E-state index contributed by atoms with van der Waals surface area (Å²) in [4.78, 5) is 14.7. The van der Waals surface area contributed by atoms with Gasteiger partial charge in [0.15, 0.2) is 0 Å². The van der Waals surface area contributed by atoms with E-state index in [4.69, 9.17) is 0 Å². The van der Waals surface area contributed by atoms with Crippen molar-refractivity contribution in [2.75, 3.05) is 5.32 Å². The van der Waals surface area contributed by atoms with Crippen LogP contribution >= 0.6 is 0 Å². The zero-order chi connectivity index (χ0) is 14.7. The van der Waals surface area contributed by atoms with Crippen molar-refractivity contribution < 1.29 is 4.92 Å². The molecule has 21 heavy (non-hydrogen) atoms. The Bertz CT molecular complexity index is 797. The number of para-hydroxylation sites is 2. The summed E-state index contributed by atoms with van der Waals surface area (Å²) in [6.45, 7) is 0.520. The van der Waals surface area contributed by atoms with Crippen molar-refractivity contribution in [3.63, 3.8) is 0 Å². The molecule has 0 spiro atoms. The number of benzene rings is 2. The van der Waals surface area contributed by atoms with Crippen LogP contribution < -0.4 is 5.32 Å². The molecular weight excluding hydrogens is 266 g/mol. The van der Waals surface area contributed by atoms with Gasteiger partial charge in [0.25, 0.3) is 5.69 Å². The summed E-state index contributed by atoms with van der Waals surface area (Å²) >= 11 is 0. The number of nitrogens with zero attached hydrogens (tertiary/aromatic N) is 2. The fourth-order valence-electron chi connectivity index (χ4n) is 2.32. The summed E-state index contributed by atoms with van der Waals surface area (Å²) in [5, 5.41) is 16.3. The molecular formula is C16H13N3O2. The minimum absolute atomic E-state index is 0.0828. The molecule has 0 amide bonds. The summed E-state index contributed by atoms with van der Waals surface area (Å²) in [6.07, 6.45) is 3.56. The van der Waals surface area contributed by atoms with Crippen LogP contribution in [-0.2, 0) is 6.54 Å². The second-order valence-electron chi connectivity index (χ2n) is 4.64. The number of hydrogen-bond donors (Lipinski definition) is 1. The van der Waals surface area contributed by atoms with Crippen molar-refractivity contribution in [3.8, 4) is 0 Å². The van der Waals surface area contributed by atoms with Crippen LogP contribution in [0.25, 0.3) is 10.8 Å². The largest absolute Gasteiger partial charge is 0.375 e. The van der Waals surface area contributed by atoms with Crippen LogP contribution in [0, 0.1) is 10.1 Å². The normalized spacial score (nSPS) is 10.5. The zero-order valence-electron chi connectivity index (χ0n) is 11.2. The van der Waals surface area contributed by atoms with E-state index in [0.717, 1.165) is 16.3 Å². The monoisotopic (exact) mass is 279 g/mol. The van der Waals surface area contributed by atoms with Gasteiger partial charge >= 0.3 is 0 Å². The lowest BCUT2D eigenvalue weighted by Crippen LogP contribution is -2.03. The highest BCUT2D eigenvalue weighted by molar-refractivity contribution is 5.85. The minimum Gasteiger partial charge on any atom is -0.375 e. The fourth-order valence-corrected chi connectivity index (χ4v) is 2.32. The number of rotatable bonds is 4. The predicted molar refractivity (Wildman–Crippen MR) is 82.2 cm³/mol. The summed E-state index contributed by atoms with van der Waals surface area (Å²) in [6, 6.07) is 14.6. The Balaban J connectivity index is 1.89. The molecule has 0 fully saturated rings. The third-order valence-corrected chi connectivity index (χ3v) is 3.34. The lowest BCUT2D eigenvalue weighted by molar-refractivity contribution is -0.384. The highest BCUT2D eigenvalue weighted by Crippen LogP contribution is 2.25. The zero-order valence-corrected chi connectivity index (χ0v) is 11.2. The topological polar surface area (TPSA) is 68.1 Å². The maximum Gasteiger partial charge on any atom is 0.292 e. The number of nitrogens with one attached hydrogen (secondary N) is 1. The van der Waals surface area contributed by atoms with Crippen LogP contribution in [0.4, 0.5) is 11.4 Å². The molecule has 0 aliphatic rings. The van der Waals surface area contributed by atoms with Gasteiger partial charge in [-0.3, -0.25) is 15.1 Å². The molecule has 0 bridgehead atoms. The number of aromatic nitrogens is 1. The summed E-state index contributed by atoms with van der Waals surface area (Å²) in [5.74, 6) is 0. The molecule has 104 valence electrons. The second-order valence-corrected chi connectivity index (χ2v) is 4.64. The highest BCUT2D eigenvalue weighted by Gasteiger charge is 2.12. The number of hydrogen-bond acceptors (Lipinski definition) is 4. The van der Waals surface area contributed by atoms with Crippen LogP contribution in [0.1, 0.15) is 5.56 Å². The highest BCUT2D eigenvalue weighted by atomic mass is 16.6. The van der Waals surface area contributed by atoms with Gasteiger partial charge in [-0.25, -0.2) is 0 Å². The van der Waals surface area contributed by atoms with Crippen molar-refractivity contribution in [2.24, 2.45) is 0 Å². The van der Waals surface area contributed by atoms with Gasteiger partial charge < -0.3 is 5.32 Å². The first-order valence-corrected chi connectivity index (χ1v) is 6.54. The van der Waals surface area contributed by atoms with Crippen molar-refractivity contribution in [1.29, 1.82) is 0 Å². The van der Waals surface area contributed by atoms with E-state index in [2.05, 4.69) is 10.3 Å². The smallest absolute Gasteiger partial charge is 0.292 e. The van der Waals surface area contributed by atoms with Gasteiger partial charge in [0.1, 0.15) is 5.69 Å². The Hall–Kier alpha value is -2.95. The fraction of sp³-hybridized carbons (Fsp3) is 0.0625. The molecule has 0 saturated heterocycles. The van der Waals surface area contributed by atoms with E-state index in [1.54, 1.807) is 24.4 Å². The third-order valence-electron chi connectivity index (χ3n) is 3.34. The van der Waals surface area contributed by atoms with Gasteiger partial charge in [-0.15, -0.1) is 0 Å². The van der Waals surface area contributed by atoms with E-state index in [0.29, 0.717) is 12.2 Å². The summed E-state index contributed by atoms with van der Waals surface area (Å²) in [7, 11) is 0. The first kappa shape index (κ1) is 13.1. The molecule has 0 aliphatic heterocycles. The minimum atomic E-state index is -0.380. The summed E-state index contributed by atoms with van der Waals surface area (Å²) in [5.41, 5.74) is 1.68. The molecule has 1 N–H and O–H groups in total. The predicted octanol–water partition coefficient (Wildman–Crippen LogP) is 3.76. The molecule has 0 aliphatic carbocycles. The van der Waals surface area contributed by atoms with Crippen molar-refractivity contribution in [1.82, 2.24) is 4.98 Å². The van der Waals surface area contributed by atoms with E-state index in [1.165, 1.54) is 6.07 Å². The van der Waals surface area contributed by atoms with E-state index in [-0.39, 0.29) is 10.6 Å². The number of anilines is 1. The van der Waals surface area contributed by atoms with Gasteiger partial charge in [-0.1, -0.05) is 30.3 Å². The Labute approximate surface area is 121 Å². The Morgan fingerprint density at radius 1 is 1.10 bits per heavy atom. The maximum absolute atomic E-state index is 11.0. The Morgan fingerprint density at radius 2 is 1.95 bits per heavy atom. The van der Waals surface area contributed by atoms with Gasteiger partial charge in [0.2, 0.25) is 0 Å². The summed E-state index contributed by atoms with van der Waals surface area (Å²) < 4.78 is 0. The average molecular weight is 279 g/mol. The lowest BCUT2D eigenvalue weighted by atomic mass is 10.1. The molecule has 0 atom stereocenters. The lowest BCUT2D eigenvalue weighted by Gasteiger charge is -2.09. The number of pyridine rings is 1. The Morgan fingerprint density at radius 3 is 2.81 bits per heavy atom. The molecule has 3 rings (SSSR count). The van der Waals surface area contributed by atoms with Gasteiger partial charge in [0, 0.05) is 30.4 Å². The van der Waals surface area contributed by atoms with Crippen LogP contribution in [0.3, 0.4) is 0 Å².